The molecule has 4 saturated carbocycles. The molecule has 0 bridgehead atoms. The van der Waals surface area contributed by atoms with E-state index in [4.69, 9.17) is 18.9 Å². The SMILES string of the molecule is C[C@H]1[C@H]2[C@@H](C[C@H]3[C@@H]4C[C@H](O[C@@H]5O[C@H](CO)[C@@H](O)[C@H](O)[C@H]5O)[C@@]5(C)C[C@H](O)CC[C@]5(C)[C@H]4CC[C@]23C)O[C@]12CC[C@H](CO)CO2. The van der Waals surface area contributed by atoms with Gasteiger partial charge < -0.3 is 49.6 Å². The molecule has 4 aliphatic carbocycles. The Hall–Kier alpha value is -0.400. The van der Waals surface area contributed by atoms with Gasteiger partial charge in [0, 0.05) is 30.3 Å². The van der Waals surface area contributed by atoms with Gasteiger partial charge in [0.1, 0.15) is 24.4 Å². The van der Waals surface area contributed by atoms with Gasteiger partial charge in [-0.3, -0.25) is 0 Å². The molecule has 3 aliphatic heterocycles. The maximum absolute atomic E-state index is 11.0. The lowest BCUT2D eigenvalue weighted by Crippen LogP contribution is -2.66. The number of aliphatic hydroxyl groups is 6. The first-order valence-electron chi connectivity index (χ1n) is 17.4. The fourth-order valence-corrected chi connectivity index (χ4v) is 12.2. The van der Waals surface area contributed by atoms with Crippen LogP contribution in [-0.2, 0) is 18.9 Å². The molecule has 0 amide bonds. The molecule has 0 unspecified atom stereocenters. The Bertz CT molecular complexity index is 1060. The van der Waals surface area contributed by atoms with E-state index < -0.39 is 49.2 Å². The van der Waals surface area contributed by atoms with E-state index in [0.29, 0.717) is 36.7 Å². The molecule has 7 fully saturated rings. The molecule has 18 atom stereocenters. The second-order valence-electron chi connectivity index (χ2n) is 16.6. The number of ether oxygens (including phenoxy) is 4. The van der Waals surface area contributed by atoms with Crippen LogP contribution in [0.1, 0.15) is 85.5 Å². The predicted molar refractivity (Wildman–Crippen MR) is 158 cm³/mol. The highest BCUT2D eigenvalue weighted by molar-refractivity contribution is 5.18. The van der Waals surface area contributed by atoms with Crippen LogP contribution in [-0.4, -0.2) is 105 Å². The fraction of sp³-hybridized carbons (Fsp3) is 1.00. The van der Waals surface area contributed by atoms with Crippen molar-refractivity contribution in [2.45, 2.75) is 140 Å². The highest BCUT2D eigenvalue weighted by Crippen LogP contribution is 2.73. The Morgan fingerprint density at radius 2 is 1.59 bits per heavy atom. The fourth-order valence-electron chi connectivity index (χ4n) is 12.2. The zero-order chi connectivity index (χ0) is 31.4. The quantitative estimate of drug-likeness (QED) is 0.256. The van der Waals surface area contributed by atoms with Crippen LogP contribution >= 0.6 is 0 Å². The molecule has 10 heteroatoms. The average Bonchev–Trinajstić information content (AvgIpc) is 3.44. The van der Waals surface area contributed by atoms with Crippen molar-refractivity contribution in [3.05, 3.63) is 0 Å². The Morgan fingerprint density at radius 3 is 2.27 bits per heavy atom. The number of hydrogen-bond donors (Lipinski definition) is 6. The van der Waals surface area contributed by atoms with E-state index in [1.54, 1.807) is 0 Å². The second-order valence-corrected chi connectivity index (χ2v) is 16.6. The first-order chi connectivity index (χ1) is 20.8. The Kier molecular flexibility index (Phi) is 8.09. The number of hydrogen-bond acceptors (Lipinski definition) is 10. The number of aliphatic hydroxyl groups excluding tert-OH is 6. The van der Waals surface area contributed by atoms with E-state index in [9.17, 15) is 30.6 Å². The van der Waals surface area contributed by atoms with Crippen LogP contribution in [0.4, 0.5) is 0 Å². The molecule has 3 heterocycles. The van der Waals surface area contributed by atoms with Crippen LogP contribution in [0.25, 0.3) is 0 Å². The molecule has 1 spiro atoms. The van der Waals surface area contributed by atoms with Crippen LogP contribution in [0.5, 0.6) is 0 Å². The van der Waals surface area contributed by atoms with Gasteiger partial charge in [-0.1, -0.05) is 27.7 Å². The molecule has 7 aliphatic rings. The molecule has 6 N–H and O–H groups in total. The number of fused-ring (bicyclic) bond motifs is 7. The smallest absolute Gasteiger partial charge is 0.186 e. The summed E-state index contributed by atoms with van der Waals surface area (Å²) in [7, 11) is 0. The molecule has 0 radical (unpaired) electrons. The third-order valence-corrected chi connectivity index (χ3v) is 15.0. The highest BCUT2D eigenvalue weighted by atomic mass is 16.7. The lowest BCUT2D eigenvalue weighted by atomic mass is 9.39. The third kappa shape index (κ3) is 4.42. The summed E-state index contributed by atoms with van der Waals surface area (Å²) in [4.78, 5) is 0. The van der Waals surface area contributed by atoms with E-state index in [2.05, 4.69) is 27.7 Å². The van der Waals surface area contributed by atoms with Gasteiger partial charge in [0.05, 0.1) is 31.5 Å². The van der Waals surface area contributed by atoms with Gasteiger partial charge in [0.25, 0.3) is 0 Å². The zero-order valence-electron chi connectivity index (χ0n) is 26.9. The van der Waals surface area contributed by atoms with Gasteiger partial charge in [-0.15, -0.1) is 0 Å². The average molecular weight is 625 g/mol. The van der Waals surface area contributed by atoms with Crippen molar-refractivity contribution < 1.29 is 49.6 Å². The minimum Gasteiger partial charge on any atom is -0.396 e. The summed E-state index contributed by atoms with van der Waals surface area (Å²) in [5.41, 5.74) is -0.412. The van der Waals surface area contributed by atoms with E-state index in [1.807, 2.05) is 0 Å². The molecule has 44 heavy (non-hydrogen) atoms. The largest absolute Gasteiger partial charge is 0.396 e. The monoisotopic (exact) mass is 624 g/mol. The van der Waals surface area contributed by atoms with Gasteiger partial charge in [-0.2, -0.15) is 0 Å². The van der Waals surface area contributed by atoms with Crippen LogP contribution in [0.3, 0.4) is 0 Å². The molecule has 10 nitrogen and oxygen atoms in total. The first-order valence-corrected chi connectivity index (χ1v) is 17.4. The molecule has 3 saturated heterocycles. The minimum absolute atomic E-state index is 0.0813. The van der Waals surface area contributed by atoms with Gasteiger partial charge >= 0.3 is 0 Å². The van der Waals surface area contributed by atoms with Crippen molar-refractivity contribution in [3.8, 4) is 0 Å². The normalized spacial score (nSPS) is 60.4. The second kappa shape index (κ2) is 11.1. The molecule has 0 aromatic carbocycles. The number of rotatable bonds is 4. The van der Waals surface area contributed by atoms with Crippen molar-refractivity contribution in [1.82, 2.24) is 0 Å². The van der Waals surface area contributed by atoms with Crippen molar-refractivity contribution >= 4 is 0 Å². The maximum atomic E-state index is 11.0. The molecule has 0 aromatic rings. The summed E-state index contributed by atoms with van der Waals surface area (Å²) in [5, 5.41) is 62.3. The molecule has 252 valence electrons. The van der Waals surface area contributed by atoms with Gasteiger partial charge in [0.2, 0.25) is 0 Å². The summed E-state index contributed by atoms with van der Waals surface area (Å²) in [6.07, 6.45) is 0.703. The summed E-state index contributed by atoms with van der Waals surface area (Å²) >= 11 is 0. The lowest BCUT2D eigenvalue weighted by molar-refractivity contribution is -0.340. The highest BCUT2D eigenvalue weighted by Gasteiger charge is 2.71. The van der Waals surface area contributed by atoms with Crippen molar-refractivity contribution in [3.63, 3.8) is 0 Å². The standard InChI is InChI=1S/C34H56O10/c1-17-26-23(44-34(17)10-5-18(14-35)16-41-34)12-22-20-11-25(43-30-29(40)28(39)27(38)24(15-36)42-30)33(4)13-19(37)6-9-32(33,3)21(20)7-8-31(22,26)2/h17-30,35-40H,5-16H2,1-4H3/t17-,18+,19+,20+,21-,22-,23+,24+,25-,26-,27+,28-,29+,30-,31-,32+,33+,34+/m0/s1. The maximum Gasteiger partial charge on any atom is 0.186 e. The van der Waals surface area contributed by atoms with Crippen LogP contribution in [0, 0.1) is 51.8 Å². The van der Waals surface area contributed by atoms with Gasteiger partial charge in [0.15, 0.2) is 12.1 Å². The van der Waals surface area contributed by atoms with E-state index in [-0.39, 0.29) is 46.9 Å². The molecule has 0 aromatic heterocycles. The van der Waals surface area contributed by atoms with Crippen LogP contribution in [0.2, 0.25) is 0 Å². The van der Waals surface area contributed by atoms with Crippen LogP contribution in [0.15, 0.2) is 0 Å². The summed E-state index contributed by atoms with van der Waals surface area (Å²) in [5.74, 6) is 1.53. The van der Waals surface area contributed by atoms with Crippen LogP contribution < -0.4 is 0 Å². The Balaban J connectivity index is 1.18. The minimum atomic E-state index is -1.49. The van der Waals surface area contributed by atoms with Gasteiger partial charge in [-0.25, -0.2) is 0 Å². The molecule has 7 rings (SSSR count). The topological polar surface area (TPSA) is 158 Å². The lowest BCUT2D eigenvalue weighted by Gasteiger charge is -2.67. The van der Waals surface area contributed by atoms with E-state index in [0.717, 1.165) is 51.4 Å². The summed E-state index contributed by atoms with van der Waals surface area (Å²) < 4.78 is 26.0. The van der Waals surface area contributed by atoms with Crippen molar-refractivity contribution in [2.24, 2.45) is 51.8 Å². The Labute approximate surface area is 261 Å². The first kappa shape index (κ1) is 32.2. The van der Waals surface area contributed by atoms with Crippen molar-refractivity contribution in [2.75, 3.05) is 19.8 Å². The molecular formula is C34H56O10. The summed E-state index contributed by atoms with van der Waals surface area (Å²) in [6.45, 7) is 9.61. The predicted octanol–water partition coefficient (Wildman–Crippen LogP) is 1.95. The Morgan fingerprint density at radius 1 is 0.818 bits per heavy atom. The van der Waals surface area contributed by atoms with E-state index in [1.165, 1.54) is 0 Å². The zero-order valence-corrected chi connectivity index (χ0v) is 26.9. The third-order valence-electron chi connectivity index (χ3n) is 15.0. The molecular weight excluding hydrogens is 568 g/mol. The van der Waals surface area contributed by atoms with Gasteiger partial charge in [-0.05, 0) is 85.9 Å². The summed E-state index contributed by atoms with van der Waals surface area (Å²) in [6, 6.07) is 0. The van der Waals surface area contributed by atoms with E-state index >= 15 is 0 Å². The van der Waals surface area contributed by atoms with Crippen molar-refractivity contribution in [1.29, 1.82) is 0 Å².